The van der Waals surface area contributed by atoms with E-state index in [4.69, 9.17) is 18.6 Å². The van der Waals surface area contributed by atoms with Gasteiger partial charge in [0.15, 0.2) is 0 Å². The molecule has 5 N–H and O–H groups in total. The van der Waals surface area contributed by atoms with Gasteiger partial charge in [-0.25, -0.2) is 22.4 Å². The van der Waals surface area contributed by atoms with Crippen LogP contribution in [0.25, 0.3) is 33.4 Å². The van der Waals surface area contributed by atoms with E-state index in [0.29, 0.717) is 88.6 Å². The van der Waals surface area contributed by atoms with Gasteiger partial charge in [0, 0.05) is 101 Å². The van der Waals surface area contributed by atoms with E-state index in [2.05, 4.69) is 68.2 Å². The summed E-state index contributed by atoms with van der Waals surface area (Å²) in [6, 6.07) is 36.2. The minimum atomic E-state index is -4.80. The molecule has 2 aliphatic heterocycles. The number of sulfonamides is 1. The van der Waals surface area contributed by atoms with Crippen LogP contribution in [-0.2, 0) is 57.0 Å². The first-order valence-electron chi connectivity index (χ1n) is 30.9. The number of anilines is 3. The minimum absolute atomic E-state index is 0.0337. The monoisotopic (exact) mass is 1300 g/mol. The van der Waals surface area contributed by atoms with E-state index in [9.17, 15) is 40.6 Å². The van der Waals surface area contributed by atoms with Gasteiger partial charge in [0.25, 0.3) is 21.9 Å². The fourth-order valence-electron chi connectivity index (χ4n) is 11.1. The van der Waals surface area contributed by atoms with Crippen molar-refractivity contribution in [3.63, 3.8) is 0 Å². The second kappa shape index (κ2) is 31.6. The maximum Gasteiger partial charge on any atom is 0.294 e. The summed E-state index contributed by atoms with van der Waals surface area (Å²) in [4.78, 5) is 55.9. The van der Waals surface area contributed by atoms with Crippen molar-refractivity contribution in [1.82, 2.24) is 34.9 Å². The number of hydrogen-bond acceptors (Lipinski definition) is 15. The number of rotatable bonds is 30. The number of ether oxygens (including phenoxy) is 3. The molecule has 1 atom stereocenters. The summed E-state index contributed by atoms with van der Waals surface area (Å²) in [6.07, 6.45) is 2.79. The number of carbonyl (C=O) groups is 4. The van der Waals surface area contributed by atoms with Gasteiger partial charge >= 0.3 is 0 Å². The lowest BCUT2D eigenvalue weighted by atomic mass is 9.93. The highest BCUT2D eigenvalue weighted by Gasteiger charge is 2.30. The van der Waals surface area contributed by atoms with Gasteiger partial charge in [-0.3, -0.25) is 23.7 Å². The third-order valence-electron chi connectivity index (χ3n) is 16.0. The van der Waals surface area contributed by atoms with E-state index in [1.165, 1.54) is 12.1 Å². The Morgan fingerprint density at radius 3 is 2.18 bits per heavy atom. The smallest absolute Gasteiger partial charge is 0.294 e. The summed E-state index contributed by atoms with van der Waals surface area (Å²) in [5.41, 5.74) is 7.19. The molecule has 5 aromatic carbocycles. The molecule has 0 radical (unpaired) electrons. The number of nitrogens with one attached hydrogen (secondary N) is 4. The number of nitrogens with zero attached hydrogens (tertiary/aromatic N) is 6. The molecule has 0 saturated carbocycles. The fourth-order valence-corrected chi connectivity index (χ4v) is 13.0. The molecule has 1 unspecified atom stereocenters. The van der Waals surface area contributed by atoms with Crippen LogP contribution in [0.1, 0.15) is 97.0 Å². The number of aryl methyl sites for hydroxylation is 1. The first-order chi connectivity index (χ1) is 44.4. The van der Waals surface area contributed by atoms with Crippen LogP contribution in [0.3, 0.4) is 0 Å². The first-order valence-corrected chi connectivity index (χ1v) is 33.8. The number of benzene rings is 6. The Morgan fingerprint density at radius 1 is 0.761 bits per heavy atom. The Morgan fingerprint density at radius 2 is 1.46 bits per heavy atom. The molecule has 0 bridgehead atoms. The molecule has 1 aliphatic carbocycles. The van der Waals surface area contributed by atoms with E-state index in [0.717, 1.165) is 54.4 Å². The Bertz CT molecular complexity index is 4180. The second-order valence-corrected chi connectivity index (χ2v) is 25.1. The fraction of sp³-hybridized carbons (Fsp3) is 0.358. The van der Waals surface area contributed by atoms with Gasteiger partial charge < -0.3 is 44.4 Å². The zero-order valence-corrected chi connectivity index (χ0v) is 54.0. The third kappa shape index (κ3) is 17.1. The zero-order valence-electron chi connectivity index (χ0n) is 52.4. The molecule has 9 rings (SSSR count). The number of para-hydroxylation sites is 1. The molecule has 3 aliphatic rings. The van der Waals surface area contributed by atoms with Crippen molar-refractivity contribution >= 4 is 71.8 Å². The first kappa shape index (κ1) is 67.7. The van der Waals surface area contributed by atoms with Crippen molar-refractivity contribution < 1.29 is 59.2 Å². The molecule has 6 aromatic rings. The lowest BCUT2D eigenvalue weighted by molar-refractivity contribution is -0.127. The molecular weight excluding hydrogens is 1220 g/mol. The quantitative estimate of drug-likeness (QED) is 0.0123. The molecule has 0 saturated heterocycles. The van der Waals surface area contributed by atoms with Crippen LogP contribution in [0.4, 0.5) is 17.1 Å². The molecule has 92 heavy (non-hydrogen) atoms. The Hall–Kier alpha value is -8.69. The van der Waals surface area contributed by atoms with Crippen LogP contribution in [0.15, 0.2) is 148 Å². The van der Waals surface area contributed by atoms with Gasteiger partial charge in [0.1, 0.15) is 30.1 Å². The summed E-state index contributed by atoms with van der Waals surface area (Å²) < 4.78 is 93.4. The van der Waals surface area contributed by atoms with Crippen LogP contribution < -0.4 is 40.4 Å². The van der Waals surface area contributed by atoms with Gasteiger partial charge in [-0.2, -0.15) is 8.42 Å². The van der Waals surface area contributed by atoms with E-state index < -0.39 is 25.0 Å². The lowest BCUT2D eigenvalue weighted by Gasteiger charge is -2.24. The second-order valence-electron chi connectivity index (χ2n) is 21.9. The topological polar surface area (TPSA) is 286 Å². The summed E-state index contributed by atoms with van der Waals surface area (Å²) >= 11 is 0. The van der Waals surface area contributed by atoms with Crippen molar-refractivity contribution in [2.45, 2.75) is 89.2 Å². The average Bonchev–Trinajstić information content (AvgIpc) is 0.849. The van der Waals surface area contributed by atoms with Gasteiger partial charge in [-0.15, -0.1) is 5.10 Å². The number of fused-ring (bicyclic) bond motifs is 3. The average molecular weight is 1300 g/mol. The van der Waals surface area contributed by atoms with Crippen LogP contribution >= 0.6 is 0 Å². The molecule has 3 heterocycles. The number of hydrogen-bond donors (Lipinski definition) is 5. The van der Waals surface area contributed by atoms with Crippen LogP contribution in [0.5, 0.6) is 0 Å². The molecule has 0 spiro atoms. The summed E-state index contributed by atoms with van der Waals surface area (Å²) in [5, 5.41) is 18.5. The Kier molecular flexibility index (Phi) is 23.2. The van der Waals surface area contributed by atoms with Crippen molar-refractivity contribution in [2.24, 2.45) is 0 Å². The SMILES string of the molecule is CCN(CC)c1ccc2c(-c3ccc(S(=O)(=O)O)cc3S(=O)(=O)NCCOCCOCCOCCn3cc(CNC(=O)CCC(=O)NC4CCCN(C(=O)c5ccc(NC(=O)c6ccccc6C)cc5)c5ccccc54)nn3)c3ccc(=[N+](CC)CC)cc-3oc2c1. The number of aromatic nitrogens is 3. The molecule has 1 aromatic heterocycles. The molecule has 486 valence electrons. The molecule has 0 fully saturated rings. The third-order valence-corrected chi connectivity index (χ3v) is 18.3. The highest BCUT2D eigenvalue weighted by molar-refractivity contribution is 7.89. The van der Waals surface area contributed by atoms with Crippen LogP contribution in [0.2, 0.25) is 0 Å². The summed E-state index contributed by atoms with van der Waals surface area (Å²) in [6.45, 7) is 15.0. The highest BCUT2D eigenvalue weighted by atomic mass is 32.2. The molecule has 23 nitrogen and oxygen atoms in total. The predicted molar refractivity (Wildman–Crippen MR) is 351 cm³/mol. The van der Waals surface area contributed by atoms with Crippen molar-refractivity contribution in [2.75, 3.05) is 94.0 Å². The predicted octanol–water partition coefficient (Wildman–Crippen LogP) is 7.98. The summed E-state index contributed by atoms with van der Waals surface area (Å²) in [7, 11) is -9.24. The zero-order chi connectivity index (χ0) is 65.4. The van der Waals surface area contributed by atoms with E-state index in [-0.39, 0.29) is 99.1 Å². The van der Waals surface area contributed by atoms with Crippen molar-refractivity contribution in [1.29, 1.82) is 0 Å². The number of carbonyl (C=O) groups excluding carboxylic acids is 4. The largest absolute Gasteiger partial charge is 0.456 e. The van der Waals surface area contributed by atoms with E-state index in [1.807, 2.05) is 85.8 Å². The number of amides is 4. The van der Waals surface area contributed by atoms with Crippen molar-refractivity contribution in [3.05, 3.63) is 167 Å². The summed E-state index contributed by atoms with van der Waals surface area (Å²) in [5.74, 6) is -0.569. The Labute approximate surface area is 535 Å². The standard InChI is InChI=1S/C67H78N10O13S2/c1-6-74(7-2)50-24-27-55-60(41-50)90-61-42-51(75(8-3)9-4)25-28-56(61)65(55)57-29-26-52(92(84,85)86)43-62(57)91(82,83)69-32-35-87-37-39-89-40-38-88-36-34-76-45-49(72-73-76)44-68-63(78)30-31-64(79)71-58-18-14-33-77(59-19-13-12-17-54(58)59)67(81)47-20-22-48(23-21-47)70-66(80)53-16-11-10-15-46(53)5/h10-13,15-17,19-29,41-43,45,58,69H,6-9,14,18,30-40,44H2,1-5H3,(H3-,68,70,71,78,79,80,81,84,85,86)/p+1. The van der Waals surface area contributed by atoms with E-state index in [1.54, 1.807) is 46.1 Å². The highest BCUT2D eigenvalue weighted by Crippen LogP contribution is 2.44. The van der Waals surface area contributed by atoms with Crippen LogP contribution in [0, 0.1) is 6.92 Å². The molecular formula is C67H79N10O13S2+. The van der Waals surface area contributed by atoms with Crippen LogP contribution in [-0.4, -0.2) is 139 Å². The molecule has 4 amide bonds. The maximum absolute atomic E-state index is 14.3. The van der Waals surface area contributed by atoms with Crippen molar-refractivity contribution in [3.8, 4) is 22.5 Å². The minimum Gasteiger partial charge on any atom is -0.456 e. The Balaban J connectivity index is 0.678. The van der Waals surface area contributed by atoms with Gasteiger partial charge in [0.05, 0.1) is 80.8 Å². The van der Waals surface area contributed by atoms with Gasteiger partial charge in [0.2, 0.25) is 27.2 Å². The normalized spacial score (nSPS) is 13.4. The van der Waals surface area contributed by atoms with E-state index >= 15 is 0 Å². The van der Waals surface area contributed by atoms with Gasteiger partial charge in [-0.1, -0.05) is 47.7 Å². The lowest BCUT2D eigenvalue weighted by Crippen LogP contribution is -2.32. The molecule has 25 heteroatoms. The maximum atomic E-state index is 14.3. The van der Waals surface area contributed by atoms with Gasteiger partial charge in [-0.05, 0) is 125 Å².